The van der Waals surface area contributed by atoms with Crippen molar-refractivity contribution in [3.63, 3.8) is 0 Å². The molecule has 3 rings (SSSR count). The van der Waals surface area contributed by atoms with Crippen molar-refractivity contribution in [1.29, 1.82) is 0 Å². The van der Waals surface area contributed by atoms with E-state index in [2.05, 4.69) is 17.4 Å². The Balaban J connectivity index is 1.68. The number of rotatable bonds is 8. The van der Waals surface area contributed by atoms with Crippen LogP contribution in [0.25, 0.3) is 0 Å². The Morgan fingerprint density at radius 1 is 0.759 bits per heavy atom. The number of benzene rings is 3. The topological polar surface area (TPSA) is 49.4 Å². The first-order valence-corrected chi connectivity index (χ1v) is 9.82. The number of nitrogens with zero attached hydrogens (tertiary/aromatic N) is 1. The molecule has 3 aromatic rings. The van der Waals surface area contributed by atoms with Gasteiger partial charge in [0.1, 0.15) is 0 Å². The zero-order valence-electron chi connectivity index (χ0n) is 16.7. The Hall–Kier alpha value is -3.40. The molecule has 0 atom stereocenters. The SMILES string of the molecule is CC(=O)Nc1ccc(CC(=O)N(CCc2ccccc2)Cc2ccccc2)cc1. The first-order valence-electron chi connectivity index (χ1n) is 9.82. The molecule has 0 aromatic heterocycles. The normalized spacial score (nSPS) is 10.4. The Bertz CT molecular complexity index is 922. The lowest BCUT2D eigenvalue weighted by molar-refractivity contribution is -0.131. The predicted octanol–water partition coefficient (Wildman–Crippen LogP) is 4.46. The van der Waals surface area contributed by atoms with Crippen molar-refractivity contribution < 1.29 is 9.59 Å². The van der Waals surface area contributed by atoms with E-state index in [-0.39, 0.29) is 11.8 Å². The summed E-state index contributed by atoms with van der Waals surface area (Å²) in [5, 5.41) is 2.74. The lowest BCUT2D eigenvalue weighted by Gasteiger charge is -2.23. The van der Waals surface area contributed by atoms with Crippen LogP contribution >= 0.6 is 0 Å². The smallest absolute Gasteiger partial charge is 0.227 e. The minimum atomic E-state index is -0.108. The highest BCUT2D eigenvalue weighted by Crippen LogP contribution is 2.13. The third-order valence-corrected chi connectivity index (χ3v) is 4.71. The maximum Gasteiger partial charge on any atom is 0.227 e. The summed E-state index contributed by atoms with van der Waals surface area (Å²) in [4.78, 5) is 26.1. The van der Waals surface area contributed by atoms with Crippen molar-refractivity contribution in [3.8, 4) is 0 Å². The zero-order valence-corrected chi connectivity index (χ0v) is 16.7. The van der Waals surface area contributed by atoms with Crippen LogP contribution in [-0.4, -0.2) is 23.3 Å². The summed E-state index contributed by atoms with van der Waals surface area (Å²) in [7, 11) is 0. The monoisotopic (exact) mass is 386 g/mol. The Morgan fingerprint density at radius 2 is 1.34 bits per heavy atom. The van der Waals surface area contributed by atoms with Gasteiger partial charge in [-0.2, -0.15) is 0 Å². The molecule has 4 heteroatoms. The third-order valence-electron chi connectivity index (χ3n) is 4.71. The van der Waals surface area contributed by atoms with E-state index >= 15 is 0 Å². The molecule has 0 aliphatic heterocycles. The lowest BCUT2D eigenvalue weighted by atomic mass is 10.1. The van der Waals surface area contributed by atoms with Gasteiger partial charge in [-0.3, -0.25) is 9.59 Å². The fourth-order valence-electron chi connectivity index (χ4n) is 3.20. The van der Waals surface area contributed by atoms with Crippen LogP contribution in [0.5, 0.6) is 0 Å². The van der Waals surface area contributed by atoms with Gasteiger partial charge in [0, 0.05) is 25.7 Å². The van der Waals surface area contributed by atoms with Crippen molar-refractivity contribution in [2.24, 2.45) is 0 Å². The lowest BCUT2D eigenvalue weighted by Crippen LogP contribution is -2.33. The van der Waals surface area contributed by atoms with E-state index in [1.54, 1.807) is 0 Å². The van der Waals surface area contributed by atoms with Gasteiger partial charge in [0.2, 0.25) is 11.8 Å². The predicted molar refractivity (Wildman–Crippen MR) is 116 cm³/mol. The van der Waals surface area contributed by atoms with Crippen molar-refractivity contribution in [2.45, 2.75) is 26.3 Å². The van der Waals surface area contributed by atoms with Crippen LogP contribution in [0.15, 0.2) is 84.9 Å². The van der Waals surface area contributed by atoms with Crippen molar-refractivity contribution >= 4 is 17.5 Å². The molecule has 0 fully saturated rings. The number of carbonyl (C=O) groups is 2. The van der Waals surface area contributed by atoms with Crippen molar-refractivity contribution in [3.05, 3.63) is 102 Å². The molecular weight excluding hydrogens is 360 g/mol. The summed E-state index contributed by atoms with van der Waals surface area (Å²) in [6.45, 7) is 2.74. The molecule has 0 saturated carbocycles. The van der Waals surface area contributed by atoms with E-state index in [9.17, 15) is 9.59 Å². The fraction of sp³-hybridized carbons (Fsp3) is 0.200. The second-order valence-electron chi connectivity index (χ2n) is 7.09. The molecule has 0 unspecified atom stereocenters. The van der Waals surface area contributed by atoms with E-state index in [0.29, 0.717) is 19.5 Å². The zero-order chi connectivity index (χ0) is 20.5. The van der Waals surface area contributed by atoms with Gasteiger partial charge in [-0.05, 0) is 35.2 Å². The molecule has 29 heavy (non-hydrogen) atoms. The van der Waals surface area contributed by atoms with Gasteiger partial charge in [0.25, 0.3) is 0 Å². The summed E-state index contributed by atoms with van der Waals surface area (Å²) >= 11 is 0. The van der Waals surface area contributed by atoms with Crippen LogP contribution in [-0.2, 0) is 29.0 Å². The van der Waals surface area contributed by atoms with E-state index in [1.807, 2.05) is 77.7 Å². The average Bonchev–Trinajstić information content (AvgIpc) is 2.73. The average molecular weight is 386 g/mol. The third kappa shape index (κ3) is 6.61. The number of amides is 2. The highest BCUT2D eigenvalue weighted by molar-refractivity contribution is 5.88. The van der Waals surface area contributed by atoms with Crippen LogP contribution in [0.4, 0.5) is 5.69 Å². The standard InChI is InChI=1S/C25H26N2O2/c1-20(28)26-24-14-12-22(13-15-24)18-25(29)27(19-23-10-6-3-7-11-23)17-16-21-8-4-2-5-9-21/h2-15H,16-19H2,1H3,(H,26,28). The molecule has 0 aliphatic carbocycles. The number of nitrogens with one attached hydrogen (secondary N) is 1. The second-order valence-corrected chi connectivity index (χ2v) is 7.09. The summed E-state index contributed by atoms with van der Waals surface area (Å²) in [6, 6.07) is 27.7. The van der Waals surface area contributed by atoms with E-state index < -0.39 is 0 Å². The summed E-state index contributed by atoms with van der Waals surface area (Å²) in [5.41, 5.74) is 4.01. The number of hydrogen-bond acceptors (Lipinski definition) is 2. The van der Waals surface area contributed by atoms with Gasteiger partial charge in [0.05, 0.1) is 6.42 Å². The van der Waals surface area contributed by atoms with Crippen molar-refractivity contribution in [1.82, 2.24) is 4.90 Å². The molecule has 0 saturated heterocycles. The highest BCUT2D eigenvalue weighted by atomic mass is 16.2. The van der Waals surface area contributed by atoms with E-state index in [1.165, 1.54) is 12.5 Å². The molecule has 0 radical (unpaired) electrons. The summed E-state index contributed by atoms with van der Waals surface area (Å²) in [6.07, 6.45) is 1.16. The molecular formula is C25H26N2O2. The second kappa shape index (κ2) is 10.2. The number of carbonyl (C=O) groups excluding carboxylic acids is 2. The number of hydrogen-bond donors (Lipinski definition) is 1. The Kier molecular flexibility index (Phi) is 7.17. The highest BCUT2D eigenvalue weighted by Gasteiger charge is 2.15. The molecule has 0 heterocycles. The first kappa shape index (κ1) is 20.3. The molecule has 2 amide bonds. The van der Waals surface area contributed by atoms with Crippen LogP contribution < -0.4 is 5.32 Å². The number of anilines is 1. The van der Waals surface area contributed by atoms with Gasteiger partial charge < -0.3 is 10.2 Å². The largest absolute Gasteiger partial charge is 0.338 e. The Morgan fingerprint density at radius 3 is 1.93 bits per heavy atom. The van der Waals surface area contributed by atoms with Crippen molar-refractivity contribution in [2.75, 3.05) is 11.9 Å². The van der Waals surface area contributed by atoms with Crippen LogP contribution in [0.1, 0.15) is 23.6 Å². The maximum absolute atomic E-state index is 13.1. The molecule has 1 N–H and O–H groups in total. The van der Waals surface area contributed by atoms with E-state index in [4.69, 9.17) is 0 Å². The molecule has 0 spiro atoms. The molecule has 148 valence electrons. The molecule has 4 nitrogen and oxygen atoms in total. The quantitative estimate of drug-likeness (QED) is 0.621. The van der Waals surface area contributed by atoms with Gasteiger partial charge in [-0.25, -0.2) is 0 Å². The summed E-state index contributed by atoms with van der Waals surface area (Å²) < 4.78 is 0. The molecule has 3 aromatic carbocycles. The van der Waals surface area contributed by atoms with Gasteiger partial charge >= 0.3 is 0 Å². The van der Waals surface area contributed by atoms with Crippen LogP contribution in [0.3, 0.4) is 0 Å². The van der Waals surface area contributed by atoms with Gasteiger partial charge in [0.15, 0.2) is 0 Å². The minimum absolute atomic E-state index is 0.0945. The maximum atomic E-state index is 13.1. The van der Waals surface area contributed by atoms with Crippen LogP contribution in [0.2, 0.25) is 0 Å². The van der Waals surface area contributed by atoms with Crippen LogP contribution in [0, 0.1) is 0 Å². The minimum Gasteiger partial charge on any atom is -0.338 e. The first-order chi connectivity index (χ1) is 14.1. The Labute approximate surface area is 172 Å². The van der Waals surface area contributed by atoms with Gasteiger partial charge in [-0.1, -0.05) is 72.8 Å². The van der Waals surface area contributed by atoms with Gasteiger partial charge in [-0.15, -0.1) is 0 Å². The molecule has 0 bridgehead atoms. The van der Waals surface area contributed by atoms with E-state index in [0.717, 1.165) is 23.2 Å². The fourth-order valence-corrected chi connectivity index (χ4v) is 3.20. The summed E-state index contributed by atoms with van der Waals surface area (Å²) in [5.74, 6) is -0.0131. The molecule has 0 aliphatic rings.